The molecule has 0 aliphatic heterocycles. The number of hydrogen-bond donors (Lipinski definition) is 1. The standard InChI is InChI=1S/C13H21NO3S/c1-5-17-11(16)7-6-10(15)9-8-18-12(14-9)13(2,3)4/h8,10,15H,5-7H2,1-4H3. The van der Waals surface area contributed by atoms with Gasteiger partial charge >= 0.3 is 5.97 Å². The Labute approximate surface area is 112 Å². The lowest BCUT2D eigenvalue weighted by Gasteiger charge is -2.14. The molecule has 1 unspecified atom stereocenters. The van der Waals surface area contributed by atoms with Crippen molar-refractivity contribution in [1.82, 2.24) is 4.98 Å². The second-order valence-corrected chi connectivity index (χ2v) is 6.05. The average molecular weight is 271 g/mol. The molecule has 18 heavy (non-hydrogen) atoms. The van der Waals surface area contributed by atoms with E-state index >= 15 is 0 Å². The number of nitrogens with zero attached hydrogens (tertiary/aromatic N) is 1. The molecule has 1 N–H and O–H groups in total. The van der Waals surface area contributed by atoms with Gasteiger partial charge in [-0.3, -0.25) is 4.79 Å². The van der Waals surface area contributed by atoms with Gasteiger partial charge in [0.2, 0.25) is 0 Å². The van der Waals surface area contributed by atoms with E-state index in [-0.39, 0.29) is 17.8 Å². The highest BCUT2D eigenvalue weighted by Crippen LogP contribution is 2.28. The molecule has 0 amide bonds. The molecule has 5 heteroatoms. The van der Waals surface area contributed by atoms with Crippen molar-refractivity contribution in [2.75, 3.05) is 6.61 Å². The molecule has 0 aliphatic rings. The van der Waals surface area contributed by atoms with E-state index in [1.807, 2.05) is 5.38 Å². The van der Waals surface area contributed by atoms with Crippen LogP contribution in [-0.2, 0) is 14.9 Å². The van der Waals surface area contributed by atoms with E-state index in [2.05, 4.69) is 25.8 Å². The number of carbonyl (C=O) groups excluding carboxylic acids is 1. The van der Waals surface area contributed by atoms with Crippen LogP contribution in [0.2, 0.25) is 0 Å². The lowest BCUT2D eigenvalue weighted by Crippen LogP contribution is -2.11. The highest BCUT2D eigenvalue weighted by molar-refractivity contribution is 7.09. The maximum Gasteiger partial charge on any atom is 0.305 e. The molecule has 0 radical (unpaired) electrons. The van der Waals surface area contributed by atoms with Crippen LogP contribution in [0.4, 0.5) is 0 Å². The number of esters is 1. The van der Waals surface area contributed by atoms with Crippen molar-refractivity contribution in [1.29, 1.82) is 0 Å². The van der Waals surface area contributed by atoms with E-state index in [1.165, 1.54) is 0 Å². The zero-order valence-corrected chi connectivity index (χ0v) is 12.2. The molecule has 4 nitrogen and oxygen atoms in total. The van der Waals surface area contributed by atoms with E-state index in [1.54, 1.807) is 18.3 Å². The molecule has 1 aromatic rings. The van der Waals surface area contributed by atoms with Crippen molar-refractivity contribution in [3.63, 3.8) is 0 Å². The summed E-state index contributed by atoms with van der Waals surface area (Å²) in [5.74, 6) is -0.275. The highest BCUT2D eigenvalue weighted by atomic mass is 32.1. The Hall–Kier alpha value is -0.940. The molecule has 0 aromatic carbocycles. The zero-order valence-electron chi connectivity index (χ0n) is 11.4. The summed E-state index contributed by atoms with van der Waals surface area (Å²) in [6.45, 7) is 8.39. The minimum atomic E-state index is -0.693. The quantitative estimate of drug-likeness (QED) is 0.837. The normalized spacial score (nSPS) is 13.4. The number of thiazole rings is 1. The Morgan fingerprint density at radius 1 is 1.56 bits per heavy atom. The number of rotatable bonds is 5. The fraction of sp³-hybridized carbons (Fsp3) is 0.692. The van der Waals surface area contributed by atoms with Crippen LogP contribution < -0.4 is 0 Å². The number of aliphatic hydroxyl groups excluding tert-OH is 1. The Morgan fingerprint density at radius 3 is 2.72 bits per heavy atom. The van der Waals surface area contributed by atoms with Gasteiger partial charge in [-0.2, -0.15) is 0 Å². The van der Waals surface area contributed by atoms with Crippen molar-refractivity contribution in [3.05, 3.63) is 16.1 Å². The van der Waals surface area contributed by atoms with Crippen molar-refractivity contribution in [2.45, 2.75) is 52.1 Å². The van der Waals surface area contributed by atoms with E-state index in [4.69, 9.17) is 4.74 Å². The summed E-state index contributed by atoms with van der Waals surface area (Å²) in [4.78, 5) is 15.6. The number of ether oxygens (including phenoxy) is 1. The maximum absolute atomic E-state index is 11.2. The molecule has 1 aromatic heterocycles. The molecule has 0 bridgehead atoms. The SMILES string of the molecule is CCOC(=O)CCC(O)c1csc(C(C)(C)C)n1. The smallest absolute Gasteiger partial charge is 0.305 e. The third kappa shape index (κ3) is 4.38. The number of aliphatic hydroxyl groups is 1. The first-order chi connectivity index (χ1) is 8.34. The molecule has 0 spiro atoms. The predicted octanol–water partition coefficient (Wildman–Crippen LogP) is 2.82. The van der Waals surface area contributed by atoms with Crippen molar-refractivity contribution in [2.24, 2.45) is 0 Å². The van der Waals surface area contributed by atoms with Crippen LogP contribution in [-0.4, -0.2) is 22.7 Å². The topological polar surface area (TPSA) is 59.4 Å². The number of hydrogen-bond acceptors (Lipinski definition) is 5. The number of aromatic nitrogens is 1. The largest absolute Gasteiger partial charge is 0.466 e. The molecule has 0 fully saturated rings. The Kier molecular flexibility index (Phi) is 5.28. The Morgan fingerprint density at radius 2 is 2.22 bits per heavy atom. The van der Waals surface area contributed by atoms with Crippen molar-refractivity contribution >= 4 is 17.3 Å². The summed E-state index contributed by atoms with van der Waals surface area (Å²) in [5.41, 5.74) is 0.637. The van der Waals surface area contributed by atoms with Gasteiger partial charge in [-0.05, 0) is 13.3 Å². The van der Waals surface area contributed by atoms with Crippen LogP contribution in [0.1, 0.15) is 57.3 Å². The van der Waals surface area contributed by atoms with E-state index < -0.39 is 6.10 Å². The summed E-state index contributed by atoms with van der Waals surface area (Å²) in [6.07, 6.45) is -0.120. The predicted molar refractivity (Wildman–Crippen MR) is 71.6 cm³/mol. The van der Waals surface area contributed by atoms with Gasteiger partial charge in [-0.1, -0.05) is 20.8 Å². The molecule has 0 saturated heterocycles. The summed E-state index contributed by atoms with van der Waals surface area (Å²) >= 11 is 1.54. The molecule has 1 rings (SSSR count). The molecule has 1 atom stereocenters. The Balaban J connectivity index is 2.54. The van der Waals surface area contributed by atoms with Crippen LogP contribution in [0.25, 0.3) is 0 Å². The van der Waals surface area contributed by atoms with Crippen LogP contribution in [0.5, 0.6) is 0 Å². The fourth-order valence-electron chi connectivity index (χ4n) is 1.42. The molecule has 0 aliphatic carbocycles. The van der Waals surface area contributed by atoms with Gasteiger partial charge in [0, 0.05) is 17.2 Å². The summed E-state index contributed by atoms with van der Waals surface area (Å²) in [5, 5.41) is 12.8. The minimum Gasteiger partial charge on any atom is -0.466 e. The molecular weight excluding hydrogens is 250 g/mol. The zero-order chi connectivity index (χ0) is 13.8. The van der Waals surface area contributed by atoms with Gasteiger partial charge in [0.25, 0.3) is 0 Å². The van der Waals surface area contributed by atoms with Gasteiger partial charge in [-0.15, -0.1) is 11.3 Å². The van der Waals surface area contributed by atoms with Crippen molar-refractivity contribution in [3.8, 4) is 0 Å². The third-order valence-electron chi connectivity index (χ3n) is 2.43. The van der Waals surface area contributed by atoms with E-state index in [0.717, 1.165) is 5.01 Å². The van der Waals surface area contributed by atoms with E-state index in [9.17, 15) is 9.90 Å². The summed E-state index contributed by atoms with van der Waals surface area (Å²) < 4.78 is 4.82. The van der Waals surface area contributed by atoms with Crippen molar-refractivity contribution < 1.29 is 14.6 Å². The molecule has 0 saturated carbocycles. The van der Waals surface area contributed by atoms with Gasteiger partial charge in [0.15, 0.2) is 0 Å². The van der Waals surface area contributed by atoms with Crippen LogP contribution >= 0.6 is 11.3 Å². The van der Waals surface area contributed by atoms with Gasteiger partial charge < -0.3 is 9.84 Å². The summed E-state index contributed by atoms with van der Waals surface area (Å²) in [6, 6.07) is 0. The molecule has 1 heterocycles. The maximum atomic E-state index is 11.2. The lowest BCUT2D eigenvalue weighted by atomic mass is 9.98. The van der Waals surface area contributed by atoms with Crippen LogP contribution in [0.15, 0.2) is 5.38 Å². The first-order valence-corrected chi connectivity index (χ1v) is 7.02. The molecular formula is C13H21NO3S. The molecule has 102 valence electrons. The first kappa shape index (κ1) is 15.1. The van der Waals surface area contributed by atoms with Gasteiger partial charge in [0.1, 0.15) is 0 Å². The summed E-state index contributed by atoms with van der Waals surface area (Å²) in [7, 11) is 0. The van der Waals surface area contributed by atoms with E-state index in [0.29, 0.717) is 18.7 Å². The van der Waals surface area contributed by atoms with Crippen LogP contribution in [0, 0.1) is 0 Å². The third-order valence-corrected chi connectivity index (χ3v) is 3.72. The fourth-order valence-corrected chi connectivity index (χ4v) is 2.37. The monoisotopic (exact) mass is 271 g/mol. The van der Waals surface area contributed by atoms with Gasteiger partial charge in [-0.25, -0.2) is 4.98 Å². The van der Waals surface area contributed by atoms with Crippen LogP contribution in [0.3, 0.4) is 0 Å². The second kappa shape index (κ2) is 6.29. The Bertz CT molecular complexity index is 395. The average Bonchev–Trinajstić information content (AvgIpc) is 2.75. The minimum absolute atomic E-state index is 0.0101. The lowest BCUT2D eigenvalue weighted by molar-refractivity contribution is -0.143. The first-order valence-electron chi connectivity index (χ1n) is 6.14. The number of carbonyl (C=O) groups is 1. The second-order valence-electron chi connectivity index (χ2n) is 5.19. The van der Waals surface area contributed by atoms with Gasteiger partial charge in [0.05, 0.1) is 23.4 Å². The highest BCUT2D eigenvalue weighted by Gasteiger charge is 2.21.